The molecule has 0 aliphatic rings. The molecule has 0 aliphatic heterocycles. The Morgan fingerprint density at radius 3 is 2.38 bits per heavy atom. The van der Waals surface area contributed by atoms with Crippen molar-refractivity contribution >= 4 is 5.69 Å². The van der Waals surface area contributed by atoms with Crippen molar-refractivity contribution in [1.82, 2.24) is 4.98 Å². The van der Waals surface area contributed by atoms with E-state index in [2.05, 4.69) is 15.0 Å². The number of nitrogens with zero attached hydrogens (tertiary/aromatic N) is 1. The molecule has 0 bridgehead atoms. The number of ether oxygens (including phenoxy) is 1. The lowest BCUT2D eigenvalue weighted by Crippen LogP contribution is -2.19. The number of hydrogen-bond donors (Lipinski definition) is 2. The Morgan fingerprint density at radius 1 is 1.10 bits per heavy atom. The van der Waals surface area contributed by atoms with Gasteiger partial charge in [0, 0.05) is 5.69 Å². The number of halogens is 3. The molecule has 0 saturated carbocycles. The number of aromatic nitrogens is 1. The lowest BCUT2D eigenvalue weighted by molar-refractivity contribution is -0.153. The van der Waals surface area contributed by atoms with E-state index in [0.29, 0.717) is 6.54 Å². The summed E-state index contributed by atoms with van der Waals surface area (Å²) in [7, 11) is 0. The summed E-state index contributed by atoms with van der Waals surface area (Å²) >= 11 is 0. The maximum Gasteiger partial charge on any atom is 0.422 e. The third-order valence-corrected chi connectivity index (χ3v) is 2.54. The predicted octanol–water partition coefficient (Wildman–Crippen LogP) is 3.34. The maximum absolute atomic E-state index is 12.0. The first-order valence-corrected chi connectivity index (χ1v) is 6.10. The zero-order chi connectivity index (χ0) is 15.3. The van der Waals surface area contributed by atoms with Gasteiger partial charge in [0.15, 0.2) is 6.61 Å². The highest BCUT2D eigenvalue weighted by Gasteiger charge is 2.28. The topological polar surface area (TPSA) is 54.4 Å². The molecule has 2 rings (SSSR count). The molecule has 0 fully saturated rings. The summed E-state index contributed by atoms with van der Waals surface area (Å²) in [6.45, 7) is -0.875. The van der Waals surface area contributed by atoms with Crippen LogP contribution in [0.1, 0.15) is 5.69 Å². The SMILES string of the molecule is Oc1ccc(CNc2ccc(OCC(F)(F)F)cc2)nc1. The standard InChI is InChI=1S/C14H13F3N2O2/c15-14(16,17)9-21-13-5-2-10(3-6-13)18-7-11-1-4-12(20)8-19-11/h1-6,8,18,20H,7,9H2. The number of hydrogen-bond acceptors (Lipinski definition) is 4. The predicted molar refractivity (Wildman–Crippen MR) is 71.2 cm³/mol. The summed E-state index contributed by atoms with van der Waals surface area (Å²) < 4.78 is 40.6. The van der Waals surface area contributed by atoms with E-state index in [4.69, 9.17) is 5.11 Å². The van der Waals surface area contributed by atoms with Crippen LogP contribution in [0.3, 0.4) is 0 Å². The molecule has 4 nitrogen and oxygen atoms in total. The molecule has 2 aromatic rings. The van der Waals surface area contributed by atoms with Crippen LogP contribution in [-0.2, 0) is 6.54 Å². The van der Waals surface area contributed by atoms with E-state index in [9.17, 15) is 13.2 Å². The lowest BCUT2D eigenvalue weighted by atomic mass is 10.3. The minimum absolute atomic E-state index is 0.0879. The van der Waals surface area contributed by atoms with Crippen LogP contribution in [0, 0.1) is 0 Å². The lowest BCUT2D eigenvalue weighted by Gasteiger charge is -2.10. The Kier molecular flexibility index (Phi) is 4.52. The van der Waals surface area contributed by atoms with Gasteiger partial charge in [0.25, 0.3) is 0 Å². The number of anilines is 1. The van der Waals surface area contributed by atoms with E-state index in [0.717, 1.165) is 11.4 Å². The minimum atomic E-state index is -4.35. The third-order valence-electron chi connectivity index (χ3n) is 2.54. The zero-order valence-corrected chi connectivity index (χ0v) is 10.9. The van der Waals surface area contributed by atoms with Crippen LogP contribution in [-0.4, -0.2) is 22.9 Å². The summed E-state index contributed by atoms with van der Waals surface area (Å²) in [6.07, 6.45) is -3.01. The normalized spacial score (nSPS) is 11.2. The molecule has 21 heavy (non-hydrogen) atoms. The highest BCUT2D eigenvalue weighted by Crippen LogP contribution is 2.20. The van der Waals surface area contributed by atoms with Gasteiger partial charge in [-0.3, -0.25) is 4.98 Å². The van der Waals surface area contributed by atoms with Gasteiger partial charge < -0.3 is 15.2 Å². The molecule has 7 heteroatoms. The highest BCUT2D eigenvalue weighted by atomic mass is 19.4. The zero-order valence-electron chi connectivity index (χ0n) is 10.9. The third kappa shape index (κ3) is 5.21. The Labute approximate surface area is 119 Å². The monoisotopic (exact) mass is 298 g/mol. The van der Waals surface area contributed by atoms with Gasteiger partial charge in [-0.15, -0.1) is 0 Å². The van der Waals surface area contributed by atoms with E-state index in [1.54, 1.807) is 18.2 Å². The second kappa shape index (κ2) is 6.34. The second-order valence-corrected chi connectivity index (χ2v) is 4.29. The van der Waals surface area contributed by atoms with Crippen molar-refractivity contribution in [3.63, 3.8) is 0 Å². The molecule has 0 unspecified atom stereocenters. The molecule has 0 aliphatic carbocycles. The van der Waals surface area contributed by atoms with E-state index < -0.39 is 12.8 Å². The fraction of sp³-hybridized carbons (Fsp3) is 0.214. The van der Waals surface area contributed by atoms with E-state index in [1.165, 1.54) is 24.4 Å². The van der Waals surface area contributed by atoms with Crippen LogP contribution in [0.2, 0.25) is 0 Å². The van der Waals surface area contributed by atoms with Gasteiger partial charge in [-0.2, -0.15) is 13.2 Å². The van der Waals surface area contributed by atoms with Crippen molar-refractivity contribution in [2.24, 2.45) is 0 Å². The smallest absolute Gasteiger partial charge is 0.422 e. The second-order valence-electron chi connectivity index (χ2n) is 4.29. The molecular weight excluding hydrogens is 285 g/mol. The first-order valence-electron chi connectivity index (χ1n) is 6.10. The summed E-state index contributed by atoms with van der Waals surface area (Å²) in [6, 6.07) is 9.34. The van der Waals surface area contributed by atoms with Gasteiger partial charge in [0.05, 0.1) is 18.4 Å². The number of aromatic hydroxyl groups is 1. The van der Waals surface area contributed by atoms with E-state index >= 15 is 0 Å². The summed E-state index contributed by atoms with van der Waals surface area (Å²) in [4.78, 5) is 4.01. The van der Waals surface area contributed by atoms with Crippen LogP contribution in [0.4, 0.5) is 18.9 Å². The average molecular weight is 298 g/mol. The summed E-state index contributed by atoms with van der Waals surface area (Å²) in [5.41, 5.74) is 1.45. The van der Waals surface area contributed by atoms with Crippen molar-refractivity contribution < 1.29 is 23.0 Å². The molecular formula is C14H13F3N2O2. The fourth-order valence-corrected chi connectivity index (χ4v) is 1.55. The van der Waals surface area contributed by atoms with Crippen molar-refractivity contribution in [3.8, 4) is 11.5 Å². The average Bonchev–Trinajstić information content (AvgIpc) is 2.45. The van der Waals surface area contributed by atoms with Gasteiger partial charge >= 0.3 is 6.18 Å². The number of rotatable bonds is 5. The van der Waals surface area contributed by atoms with Gasteiger partial charge in [0.1, 0.15) is 11.5 Å². The first kappa shape index (κ1) is 15.0. The Morgan fingerprint density at radius 2 is 1.81 bits per heavy atom. The molecule has 112 valence electrons. The highest BCUT2D eigenvalue weighted by molar-refractivity contribution is 5.46. The number of alkyl halides is 3. The van der Waals surface area contributed by atoms with Gasteiger partial charge in [-0.25, -0.2) is 0 Å². The number of nitrogens with one attached hydrogen (secondary N) is 1. The minimum Gasteiger partial charge on any atom is -0.506 e. The molecule has 2 N–H and O–H groups in total. The van der Waals surface area contributed by atoms with Gasteiger partial charge in [-0.1, -0.05) is 0 Å². The van der Waals surface area contributed by atoms with Crippen LogP contribution in [0.5, 0.6) is 11.5 Å². The van der Waals surface area contributed by atoms with Gasteiger partial charge in [-0.05, 0) is 36.4 Å². The van der Waals surface area contributed by atoms with Crippen LogP contribution in [0.25, 0.3) is 0 Å². The molecule has 0 saturated heterocycles. The molecule has 0 spiro atoms. The first-order chi connectivity index (χ1) is 9.92. The maximum atomic E-state index is 12.0. The summed E-state index contributed by atoms with van der Waals surface area (Å²) in [5, 5.41) is 12.2. The Balaban J connectivity index is 1.86. The molecule has 0 radical (unpaired) electrons. The molecule has 0 atom stereocenters. The van der Waals surface area contributed by atoms with Crippen LogP contribution >= 0.6 is 0 Å². The summed E-state index contributed by atoms with van der Waals surface area (Å²) in [5.74, 6) is 0.241. The van der Waals surface area contributed by atoms with Crippen molar-refractivity contribution in [1.29, 1.82) is 0 Å². The van der Waals surface area contributed by atoms with Gasteiger partial charge in [0.2, 0.25) is 0 Å². The molecule has 1 aromatic heterocycles. The quantitative estimate of drug-likeness (QED) is 0.889. The van der Waals surface area contributed by atoms with Crippen molar-refractivity contribution in [3.05, 3.63) is 48.3 Å². The molecule has 1 aromatic carbocycles. The Bertz CT molecular complexity index is 568. The Hall–Kier alpha value is -2.44. The molecule has 0 amide bonds. The van der Waals surface area contributed by atoms with E-state index in [1.807, 2.05) is 0 Å². The molecule has 1 heterocycles. The van der Waals surface area contributed by atoms with Crippen LogP contribution < -0.4 is 10.1 Å². The van der Waals surface area contributed by atoms with Crippen LogP contribution in [0.15, 0.2) is 42.6 Å². The number of pyridine rings is 1. The van der Waals surface area contributed by atoms with Crippen molar-refractivity contribution in [2.45, 2.75) is 12.7 Å². The van der Waals surface area contributed by atoms with E-state index in [-0.39, 0.29) is 11.5 Å². The fourth-order valence-electron chi connectivity index (χ4n) is 1.55. The van der Waals surface area contributed by atoms with Crippen molar-refractivity contribution in [2.75, 3.05) is 11.9 Å². The number of benzene rings is 1. The largest absolute Gasteiger partial charge is 0.506 e.